The largest absolute Gasteiger partial charge is 0.442 e. The van der Waals surface area contributed by atoms with Crippen LogP contribution in [0.4, 0.5) is 0 Å². The maximum Gasteiger partial charge on any atom is 0.170 e. The summed E-state index contributed by atoms with van der Waals surface area (Å²) < 4.78 is 0. The molecule has 44 valence electrons. The summed E-state index contributed by atoms with van der Waals surface area (Å²) in [5.41, 5.74) is 0. The van der Waals surface area contributed by atoms with E-state index in [1.54, 1.807) is 0 Å². The van der Waals surface area contributed by atoms with Gasteiger partial charge in [-0.05, 0) is 6.08 Å². The fourth-order valence-corrected chi connectivity index (χ4v) is 0. The molecule has 0 radical (unpaired) electrons. The van der Waals surface area contributed by atoms with Crippen molar-refractivity contribution >= 4 is 10.5 Å². The van der Waals surface area contributed by atoms with Gasteiger partial charge in [0.1, 0.15) is 10.5 Å². The number of hydrogen-bond donors (Lipinski definition) is 3. The van der Waals surface area contributed by atoms with Crippen molar-refractivity contribution in [1.82, 2.24) is 0 Å². The standard InChI is InChI=1S/C3H6O2.H4OSi/c1-2-3(4)5;1-2/h2-5H,1H2;1H,2H3. The van der Waals surface area contributed by atoms with Crippen LogP contribution in [0.15, 0.2) is 12.7 Å². The van der Waals surface area contributed by atoms with Gasteiger partial charge in [-0.15, -0.1) is 0 Å². The first-order chi connectivity index (χ1) is 3.27. The van der Waals surface area contributed by atoms with E-state index in [1.807, 2.05) is 0 Å². The zero-order valence-corrected chi connectivity index (χ0v) is 6.20. The van der Waals surface area contributed by atoms with Gasteiger partial charge in [-0.1, -0.05) is 6.58 Å². The highest BCUT2D eigenvalue weighted by Gasteiger charge is 1.76. The van der Waals surface area contributed by atoms with E-state index in [2.05, 4.69) is 6.58 Å². The molecule has 3 N–H and O–H groups in total. The molecule has 7 heavy (non-hydrogen) atoms. The molecule has 0 spiro atoms. The van der Waals surface area contributed by atoms with Gasteiger partial charge in [-0.2, -0.15) is 0 Å². The molecule has 0 rings (SSSR count). The second-order valence-electron chi connectivity index (χ2n) is 0.649. The summed E-state index contributed by atoms with van der Waals surface area (Å²) in [6.07, 6.45) is -0.324. The van der Waals surface area contributed by atoms with Gasteiger partial charge in [0.2, 0.25) is 0 Å². The average Bonchev–Trinajstić information content (AvgIpc) is 1.73. The van der Waals surface area contributed by atoms with Gasteiger partial charge >= 0.3 is 0 Å². The maximum absolute atomic E-state index is 7.80. The summed E-state index contributed by atoms with van der Waals surface area (Å²) in [6, 6.07) is 0. The molecule has 0 saturated carbocycles. The predicted octanol–water partition coefficient (Wildman–Crippen LogP) is -2.26. The lowest BCUT2D eigenvalue weighted by molar-refractivity contribution is 0.00266. The summed E-state index contributed by atoms with van der Waals surface area (Å²) in [5.74, 6) is 0. The smallest absolute Gasteiger partial charge is 0.170 e. The van der Waals surface area contributed by atoms with Crippen molar-refractivity contribution in [2.45, 2.75) is 6.29 Å². The molecular weight excluding hydrogens is 112 g/mol. The maximum atomic E-state index is 7.80. The highest BCUT2D eigenvalue weighted by Crippen LogP contribution is 1.67. The van der Waals surface area contributed by atoms with Crippen molar-refractivity contribution in [2.75, 3.05) is 0 Å². The van der Waals surface area contributed by atoms with E-state index in [1.165, 1.54) is 0 Å². The van der Waals surface area contributed by atoms with E-state index < -0.39 is 6.29 Å². The highest BCUT2D eigenvalue weighted by atomic mass is 28.2. The second kappa shape index (κ2) is 9.28. The number of rotatable bonds is 1. The second-order valence-corrected chi connectivity index (χ2v) is 0.649. The molecule has 0 saturated heterocycles. The molecule has 4 heteroatoms. The first-order valence-electron chi connectivity index (χ1n) is 1.71. The topological polar surface area (TPSA) is 60.7 Å². The number of aliphatic hydroxyl groups excluding tert-OH is 1. The molecule has 0 aliphatic heterocycles. The Morgan fingerprint density at radius 3 is 1.57 bits per heavy atom. The van der Waals surface area contributed by atoms with E-state index in [0.717, 1.165) is 6.08 Å². The Hall–Kier alpha value is -0.163. The summed E-state index contributed by atoms with van der Waals surface area (Å²) in [4.78, 5) is 7.14. The lowest BCUT2D eigenvalue weighted by Crippen LogP contribution is -1.95. The Morgan fingerprint density at radius 2 is 1.57 bits per heavy atom. The van der Waals surface area contributed by atoms with Crippen LogP contribution in [0.1, 0.15) is 0 Å². The van der Waals surface area contributed by atoms with E-state index >= 15 is 0 Å². The summed E-state index contributed by atoms with van der Waals surface area (Å²) in [5, 5.41) is 15.6. The summed E-state index contributed by atoms with van der Waals surface area (Å²) in [6.45, 7) is 3.06. The van der Waals surface area contributed by atoms with E-state index in [-0.39, 0.29) is 0 Å². The van der Waals surface area contributed by atoms with Gasteiger partial charge in [-0.3, -0.25) is 0 Å². The molecule has 0 aromatic carbocycles. The first-order valence-corrected chi connectivity index (χ1v) is 2.60. The average molecular weight is 122 g/mol. The van der Waals surface area contributed by atoms with Gasteiger partial charge < -0.3 is 15.0 Å². The molecule has 0 aliphatic carbocycles. The Morgan fingerprint density at radius 1 is 1.43 bits per heavy atom. The van der Waals surface area contributed by atoms with Gasteiger partial charge in [-0.25, -0.2) is 0 Å². The molecule has 3 nitrogen and oxygen atoms in total. The molecule has 0 heterocycles. The van der Waals surface area contributed by atoms with Crippen LogP contribution < -0.4 is 0 Å². The van der Waals surface area contributed by atoms with Gasteiger partial charge in [0.15, 0.2) is 6.29 Å². The molecule has 0 atom stereocenters. The molecule has 0 aromatic rings. The lowest BCUT2D eigenvalue weighted by atomic mass is 10.6. The molecule has 0 aliphatic rings. The quantitative estimate of drug-likeness (QED) is 0.209. The minimum Gasteiger partial charge on any atom is -0.442 e. The Bertz CT molecular complexity index is 37.2. The van der Waals surface area contributed by atoms with Crippen molar-refractivity contribution in [3.63, 3.8) is 0 Å². The molecule has 0 aromatic heterocycles. The van der Waals surface area contributed by atoms with Crippen LogP contribution >= 0.6 is 0 Å². The summed E-state index contributed by atoms with van der Waals surface area (Å²) in [7, 11) is 0.306. The van der Waals surface area contributed by atoms with Crippen LogP contribution in [0.25, 0.3) is 0 Å². The van der Waals surface area contributed by atoms with Crippen LogP contribution in [-0.4, -0.2) is 31.8 Å². The molecule has 0 fully saturated rings. The molecular formula is C3H10O3Si. The molecule has 0 amide bonds. The predicted molar refractivity (Wildman–Crippen MR) is 30.6 cm³/mol. The third-order valence-corrected chi connectivity index (χ3v) is 0.211. The van der Waals surface area contributed by atoms with Crippen LogP contribution in [-0.2, 0) is 0 Å². The van der Waals surface area contributed by atoms with Crippen molar-refractivity contribution in [1.29, 1.82) is 0 Å². The van der Waals surface area contributed by atoms with E-state index in [4.69, 9.17) is 15.0 Å². The number of hydrogen-bond acceptors (Lipinski definition) is 3. The fraction of sp³-hybridized carbons (Fsp3) is 0.333. The third-order valence-electron chi connectivity index (χ3n) is 0.211. The van der Waals surface area contributed by atoms with Gasteiger partial charge in [0.25, 0.3) is 0 Å². The fourth-order valence-electron chi connectivity index (χ4n) is 0. The molecule has 0 bridgehead atoms. The Balaban J connectivity index is 0. The Labute approximate surface area is 45.5 Å². The highest BCUT2D eigenvalue weighted by molar-refractivity contribution is 5.95. The minimum atomic E-state index is -1.35. The lowest BCUT2D eigenvalue weighted by Gasteiger charge is -1.84. The van der Waals surface area contributed by atoms with Crippen molar-refractivity contribution in [3.8, 4) is 0 Å². The van der Waals surface area contributed by atoms with Crippen LogP contribution in [0.3, 0.4) is 0 Å². The summed E-state index contributed by atoms with van der Waals surface area (Å²) >= 11 is 0. The zero-order valence-electron chi connectivity index (χ0n) is 4.20. The third kappa shape index (κ3) is 25.5. The van der Waals surface area contributed by atoms with E-state index in [0.29, 0.717) is 10.5 Å². The van der Waals surface area contributed by atoms with E-state index in [9.17, 15) is 0 Å². The van der Waals surface area contributed by atoms with Gasteiger partial charge in [0, 0.05) is 0 Å². The normalized spacial score (nSPS) is 7.43. The van der Waals surface area contributed by atoms with Crippen LogP contribution in [0.2, 0.25) is 0 Å². The zero-order chi connectivity index (χ0) is 6.28. The van der Waals surface area contributed by atoms with Gasteiger partial charge in [0.05, 0.1) is 0 Å². The van der Waals surface area contributed by atoms with Crippen molar-refractivity contribution in [2.24, 2.45) is 0 Å². The Kier molecular flexibility index (Phi) is 13.2. The SMILES string of the molecule is C=CC(O)O.O[SiH3]. The van der Waals surface area contributed by atoms with Crippen molar-refractivity contribution < 1.29 is 15.0 Å². The van der Waals surface area contributed by atoms with Crippen molar-refractivity contribution in [3.05, 3.63) is 12.7 Å². The first kappa shape index (κ1) is 9.96. The minimum absolute atomic E-state index is 0.306. The molecule has 0 unspecified atom stereocenters. The van der Waals surface area contributed by atoms with Crippen LogP contribution in [0.5, 0.6) is 0 Å². The monoisotopic (exact) mass is 122 g/mol. The number of aliphatic hydroxyl groups is 2. The van der Waals surface area contributed by atoms with Crippen LogP contribution in [0, 0.1) is 0 Å².